The number of piperidine rings is 1. The number of aromatic amines is 1. The van der Waals surface area contributed by atoms with Crippen LogP contribution in [-0.2, 0) is 73.8 Å². The van der Waals surface area contributed by atoms with Crippen LogP contribution in [0.2, 0.25) is 0 Å². The Labute approximate surface area is 598 Å². The minimum atomic E-state index is -1.48. The van der Waals surface area contributed by atoms with Crippen LogP contribution in [0.25, 0.3) is 10.9 Å². The Morgan fingerprint density at radius 3 is 1.83 bits per heavy atom. The van der Waals surface area contributed by atoms with Crippen molar-refractivity contribution in [3.8, 4) is 11.5 Å². The smallest absolute Gasteiger partial charge is 0.407 e. The molecule has 5 aromatic carbocycles. The highest BCUT2D eigenvalue weighted by Gasteiger charge is 2.46. The molecular weight excluding hydrogens is 1320 g/mol. The van der Waals surface area contributed by atoms with Gasteiger partial charge < -0.3 is 77.2 Å². The highest BCUT2D eigenvalue weighted by Crippen LogP contribution is 2.30. The number of H-pyrrole nitrogens is 1. The number of carbonyl (C=O) groups is 10. The number of carboxylic acids is 2. The van der Waals surface area contributed by atoms with Crippen LogP contribution in [0, 0.1) is 5.92 Å². The van der Waals surface area contributed by atoms with Gasteiger partial charge in [-0.15, -0.1) is 0 Å². The average molecular weight is 1420 g/mol. The number of aliphatic carboxylic acids is 2. The van der Waals surface area contributed by atoms with Gasteiger partial charge in [0, 0.05) is 88.0 Å². The number of amides is 8. The Morgan fingerprint density at radius 2 is 1.16 bits per heavy atom. The van der Waals surface area contributed by atoms with Gasteiger partial charge in [0.05, 0.1) is 26.2 Å². The molecule has 0 spiro atoms. The number of likely N-dealkylation sites (N-methyl/N-ethyl adjacent to an activating group) is 2. The normalized spacial score (nSPS) is 20.6. The Bertz CT molecular complexity index is 3840. The number of phenols is 1. The molecule has 6 aromatic rings. The SMILES string of the molecule is CCN(CCN(CCN(C)CC(=O)O)CC(=O)O)CC(=O)NCCNC(=O)O[C@@H]1C[C@H]2C(=O)N[C@@H](Cc3ccc(O)cc3)C(=O)N[C@H]([C@@H](C)c3c[nH]c4ccccc34)C(=O)N[C@@H](CC3CCNCC3)C(=O)N[C@@H](Cc3ccc(OCc4ccccc4)cc3)C(=O)N[C@@H](Cc3ccccc3)C(=O)N2C1. The summed E-state index contributed by atoms with van der Waals surface area (Å²) >= 11 is 0. The second-order valence-electron chi connectivity index (χ2n) is 26.6. The first kappa shape index (κ1) is 76.8. The highest BCUT2D eigenvalue weighted by molar-refractivity contribution is 5.99. The molecule has 8 amide bonds. The Morgan fingerprint density at radius 1 is 0.602 bits per heavy atom. The van der Waals surface area contributed by atoms with Crippen LogP contribution in [-0.4, -0.2) is 234 Å². The zero-order valence-corrected chi connectivity index (χ0v) is 58.4. The molecule has 4 heterocycles. The van der Waals surface area contributed by atoms with Gasteiger partial charge in [0.25, 0.3) is 0 Å². The molecule has 28 heteroatoms. The fraction of sp³-hybridized carbons (Fsp3) is 0.440. The molecule has 3 aliphatic heterocycles. The van der Waals surface area contributed by atoms with Gasteiger partial charge in [0.1, 0.15) is 60.5 Å². The number of para-hydroxylation sites is 1. The van der Waals surface area contributed by atoms with E-state index in [4.69, 9.17) is 14.6 Å². The first-order valence-corrected chi connectivity index (χ1v) is 35.1. The summed E-state index contributed by atoms with van der Waals surface area (Å²) in [6.07, 6.45) is 0.396. The van der Waals surface area contributed by atoms with E-state index in [2.05, 4.69) is 47.5 Å². The highest BCUT2D eigenvalue weighted by atomic mass is 16.6. The summed E-state index contributed by atoms with van der Waals surface area (Å²) < 4.78 is 12.0. The van der Waals surface area contributed by atoms with Crippen molar-refractivity contribution >= 4 is 70.3 Å². The number of carbonyl (C=O) groups excluding carboxylic acids is 8. The maximum Gasteiger partial charge on any atom is 0.407 e. The van der Waals surface area contributed by atoms with Crippen molar-refractivity contribution in [2.75, 3.05) is 92.1 Å². The number of nitrogens with one attached hydrogen (secondary N) is 9. The molecule has 3 saturated heterocycles. The molecule has 0 saturated carbocycles. The lowest BCUT2D eigenvalue weighted by atomic mass is 9.89. The summed E-state index contributed by atoms with van der Waals surface area (Å²) in [7, 11) is 1.62. The van der Waals surface area contributed by atoms with Crippen LogP contribution >= 0.6 is 0 Å². The monoisotopic (exact) mass is 1420 g/mol. The van der Waals surface area contributed by atoms with Crippen molar-refractivity contribution in [1.29, 1.82) is 0 Å². The summed E-state index contributed by atoms with van der Waals surface area (Å²) in [6, 6.07) is 30.4. The van der Waals surface area contributed by atoms with Gasteiger partial charge in [-0.25, -0.2) is 4.79 Å². The van der Waals surface area contributed by atoms with Crippen LogP contribution in [0.3, 0.4) is 0 Å². The molecule has 3 aliphatic rings. The van der Waals surface area contributed by atoms with Crippen molar-refractivity contribution < 1.29 is 72.7 Å². The number of ether oxygens (including phenoxy) is 2. The molecule has 550 valence electrons. The number of rotatable bonds is 30. The Balaban J connectivity index is 1.01. The van der Waals surface area contributed by atoms with Crippen molar-refractivity contribution in [3.63, 3.8) is 0 Å². The third-order valence-corrected chi connectivity index (χ3v) is 19.0. The summed E-state index contributed by atoms with van der Waals surface area (Å²) in [5, 5.41) is 53.4. The molecule has 103 heavy (non-hydrogen) atoms. The van der Waals surface area contributed by atoms with E-state index >= 15 is 28.8 Å². The lowest BCUT2D eigenvalue weighted by Gasteiger charge is -2.33. The maximum absolute atomic E-state index is 15.8. The standard InChI is InChI=1S/C75H95N13O15/c1-4-86(35-36-87(46-67(93)94)34-33-85(3)45-66(91)92)44-65(90)77-31-32-78-75(101)103-56-41-64-72(98)81-62(37-50-19-23-54(89)24-20-50)71(97)84-68(48(2)58-42-79-59-18-12-11-17-57(58)59)73(99)82-61(39-52-27-29-76-30-28-52)69(95)80-60(38-51-21-25-55(26-22-51)102-47-53-15-9-6-10-16-53)70(96)83-63(74(100)88(64)43-56)40-49-13-7-5-8-14-49/h5-26,42,48,52,56,60-64,68,76,79,89H,4,27-41,43-47H2,1-3H3,(H,77,90)(H,78,101)(H,80,95)(H,81,98)(H,82,99)(H,83,96)(H,84,97)(H,91,92)(H,93,94)/t48-,56+,60-,61-,62-,63-,64-,68+/m0/s1. The number of fused-ring (bicyclic) bond motifs is 2. The molecule has 9 rings (SSSR count). The van der Waals surface area contributed by atoms with Crippen molar-refractivity contribution in [2.45, 2.75) is 114 Å². The van der Waals surface area contributed by atoms with Crippen LogP contribution in [0.5, 0.6) is 11.5 Å². The molecule has 28 nitrogen and oxygen atoms in total. The Hall–Kier alpha value is -10.4. The number of nitrogens with zero attached hydrogens (tertiary/aromatic N) is 4. The van der Waals surface area contributed by atoms with Crippen LogP contribution in [0.4, 0.5) is 4.79 Å². The molecule has 12 N–H and O–H groups in total. The van der Waals surface area contributed by atoms with Gasteiger partial charge >= 0.3 is 18.0 Å². The fourth-order valence-corrected chi connectivity index (χ4v) is 13.2. The first-order valence-electron chi connectivity index (χ1n) is 35.1. The lowest BCUT2D eigenvalue weighted by Crippen LogP contribution is -2.62. The number of hydrogen-bond donors (Lipinski definition) is 12. The molecule has 0 aliphatic carbocycles. The van der Waals surface area contributed by atoms with E-state index in [-0.39, 0.29) is 103 Å². The summed E-state index contributed by atoms with van der Waals surface area (Å²) in [5.74, 6) is -7.46. The van der Waals surface area contributed by atoms with E-state index in [1.807, 2.05) is 61.5 Å². The number of alkyl carbamates (subject to hydrolysis) is 1. The number of hydrogen-bond acceptors (Lipinski definition) is 17. The zero-order valence-electron chi connectivity index (χ0n) is 58.4. The number of aromatic nitrogens is 1. The molecule has 0 unspecified atom stereocenters. The topological polar surface area (TPSA) is 375 Å². The molecular formula is C75H95N13O15. The third kappa shape index (κ3) is 23.3. The first-order chi connectivity index (χ1) is 49.6. The summed E-state index contributed by atoms with van der Waals surface area (Å²) in [5.41, 5.74) is 4.07. The molecule has 8 atom stereocenters. The van der Waals surface area contributed by atoms with Crippen molar-refractivity contribution in [1.82, 2.24) is 67.1 Å². The second kappa shape index (κ2) is 38.0. The van der Waals surface area contributed by atoms with Gasteiger partial charge in [-0.05, 0) is 110 Å². The Kier molecular flexibility index (Phi) is 28.3. The maximum atomic E-state index is 15.8. The number of benzene rings is 5. The van der Waals surface area contributed by atoms with Gasteiger partial charge in [-0.2, -0.15) is 0 Å². The minimum Gasteiger partial charge on any atom is -0.508 e. The molecule has 3 fully saturated rings. The van der Waals surface area contributed by atoms with Gasteiger partial charge in [-0.3, -0.25) is 57.9 Å². The van der Waals surface area contributed by atoms with E-state index in [1.165, 1.54) is 17.0 Å². The van der Waals surface area contributed by atoms with Gasteiger partial charge in [0.2, 0.25) is 41.4 Å². The molecule has 0 bridgehead atoms. The third-order valence-electron chi connectivity index (χ3n) is 19.0. The predicted molar refractivity (Wildman–Crippen MR) is 382 cm³/mol. The van der Waals surface area contributed by atoms with E-state index in [1.54, 1.807) is 102 Å². The molecule has 1 aromatic heterocycles. The van der Waals surface area contributed by atoms with Crippen LogP contribution in [0.1, 0.15) is 73.3 Å². The average Bonchev–Trinajstić information content (AvgIpc) is 1.70. The van der Waals surface area contributed by atoms with Crippen molar-refractivity contribution in [3.05, 3.63) is 167 Å². The number of aromatic hydroxyl groups is 1. The predicted octanol–water partition coefficient (Wildman–Crippen LogP) is 2.65. The number of phenolic OH excluding ortho intramolecular Hbond substituents is 1. The molecule has 0 radical (unpaired) electrons. The van der Waals surface area contributed by atoms with E-state index in [0.29, 0.717) is 73.6 Å². The quantitative estimate of drug-likeness (QED) is 0.0288. The van der Waals surface area contributed by atoms with Crippen LogP contribution < -0.4 is 47.3 Å². The van der Waals surface area contributed by atoms with E-state index in [0.717, 1.165) is 16.5 Å². The van der Waals surface area contributed by atoms with E-state index < -0.39 is 108 Å². The van der Waals surface area contributed by atoms with Gasteiger partial charge in [-0.1, -0.05) is 117 Å². The largest absolute Gasteiger partial charge is 0.508 e. The summed E-state index contributed by atoms with van der Waals surface area (Å²) in [4.78, 5) is 152. The van der Waals surface area contributed by atoms with Crippen molar-refractivity contribution in [2.24, 2.45) is 5.92 Å². The van der Waals surface area contributed by atoms with E-state index in [9.17, 15) is 29.4 Å². The van der Waals surface area contributed by atoms with Crippen LogP contribution in [0.15, 0.2) is 140 Å². The summed E-state index contributed by atoms with van der Waals surface area (Å²) in [6.45, 7) is 5.73. The zero-order chi connectivity index (χ0) is 73.4. The number of carboxylic acid groups (broad SMARTS) is 2. The lowest BCUT2D eigenvalue weighted by molar-refractivity contribution is -0.143. The minimum absolute atomic E-state index is 0.0455. The second-order valence-corrected chi connectivity index (χ2v) is 26.6. The fourth-order valence-electron chi connectivity index (χ4n) is 13.2. The van der Waals surface area contributed by atoms with Gasteiger partial charge in [0.15, 0.2) is 0 Å².